The van der Waals surface area contributed by atoms with E-state index in [-0.39, 0.29) is 0 Å². The van der Waals surface area contributed by atoms with Gasteiger partial charge in [-0.3, -0.25) is 5.32 Å². The fourth-order valence-corrected chi connectivity index (χ4v) is 0.727. The van der Waals surface area contributed by atoms with Gasteiger partial charge in [0.1, 0.15) is 5.60 Å². The summed E-state index contributed by atoms with van der Waals surface area (Å²) in [5.74, 6) is -1.11. The molecular weight excluding hydrogens is 289 g/mol. The summed E-state index contributed by atoms with van der Waals surface area (Å²) in [5, 5.41) is 10.6. The smallest absolute Gasteiger partial charge is 0.408 e. The van der Waals surface area contributed by atoms with Gasteiger partial charge >= 0.3 is 12.1 Å². The lowest BCUT2D eigenvalue weighted by molar-refractivity contribution is -0.136. The number of carboxylic acid groups (broad SMARTS) is 1. The van der Waals surface area contributed by atoms with Crippen LogP contribution in [0.25, 0.3) is 0 Å². The first kappa shape index (κ1) is 12.5. The number of carbonyl (C=O) groups is 2. The minimum absolute atomic E-state index is 0.612. The minimum atomic E-state index is -1.11. The van der Waals surface area contributed by atoms with Crippen molar-refractivity contribution in [1.82, 2.24) is 5.32 Å². The number of hydrogen-bond acceptors (Lipinski definition) is 3. The third-order valence-corrected chi connectivity index (χ3v) is 1.70. The second kappa shape index (κ2) is 4.64. The molecule has 0 unspecified atom stereocenters. The van der Waals surface area contributed by atoms with Crippen LogP contribution in [0.15, 0.2) is 0 Å². The Morgan fingerprint density at radius 3 is 2.23 bits per heavy atom. The molecule has 5 nitrogen and oxygen atoms in total. The molecule has 0 aromatic rings. The summed E-state index contributed by atoms with van der Waals surface area (Å²) in [6, 6.07) is 0. The van der Waals surface area contributed by atoms with Gasteiger partial charge in [-0.05, 0) is 43.4 Å². The molecule has 0 radical (unpaired) electrons. The van der Waals surface area contributed by atoms with Gasteiger partial charge in [0.05, 0.1) is 0 Å². The maximum absolute atomic E-state index is 11.0. The van der Waals surface area contributed by atoms with E-state index in [0.717, 1.165) is 0 Å². The predicted molar refractivity (Wildman–Crippen MR) is 54.8 cm³/mol. The number of aliphatic carboxylic acids is 1. The molecule has 0 aliphatic heterocycles. The van der Waals surface area contributed by atoms with E-state index in [0.29, 0.717) is 0 Å². The summed E-state index contributed by atoms with van der Waals surface area (Å²) >= 11 is 1.59. The van der Waals surface area contributed by atoms with Crippen LogP contribution in [0.5, 0.6) is 0 Å². The topological polar surface area (TPSA) is 75.6 Å². The number of hydrogen-bond donors (Lipinski definition) is 2. The van der Waals surface area contributed by atoms with Crippen molar-refractivity contribution in [1.29, 1.82) is 0 Å². The van der Waals surface area contributed by atoms with E-state index in [1.807, 2.05) is 0 Å². The highest BCUT2D eigenvalue weighted by Gasteiger charge is 2.21. The number of amides is 1. The third-order valence-electron chi connectivity index (χ3n) is 0.860. The number of rotatable bonds is 2. The third kappa shape index (κ3) is 6.62. The summed E-state index contributed by atoms with van der Waals surface area (Å²) in [6.07, 6.45) is -0.728. The van der Waals surface area contributed by atoms with Gasteiger partial charge in [-0.2, -0.15) is 0 Å². The van der Waals surface area contributed by atoms with Crippen molar-refractivity contribution in [3.63, 3.8) is 0 Å². The molecule has 0 saturated heterocycles. The highest BCUT2D eigenvalue weighted by molar-refractivity contribution is 14.1. The van der Waals surface area contributed by atoms with Gasteiger partial charge in [0.15, 0.2) is 4.05 Å². The van der Waals surface area contributed by atoms with E-state index < -0.39 is 21.7 Å². The molecule has 0 rings (SSSR count). The van der Waals surface area contributed by atoms with E-state index in [1.165, 1.54) is 0 Å². The Bertz CT molecular complexity index is 211. The summed E-state index contributed by atoms with van der Waals surface area (Å²) in [6.45, 7) is 5.11. The van der Waals surface area contributed by atoms with Crippen LogP contribution >= 0.6 is 22.6 Å². The quantitative estimate of drug-likeness (QED) is 0.459. The van der Waals surface area contributed by atoms with Gasteiger partial charge < -0.3 is 9.84 Å². The summed E-state index contributed by atoms with van der Waals surface area (Å²) in [7, 11) is 0. The van der Waals surface area contributed by atoms with Crippen molar-refractivity contribution in [2.45, 2.75) is 30.4 Å². The first-order valence-electron chi connectivity index (χ1n) is 3.59. The van der Waals surface area contributed by atoms with Crippen molar-refractivity contribution < 1.29 is 19.4 Å². The van der Waals surface area contributed by atoms with Gasteiger partial charge in [0.2, 0.25) is 0 Å². The number of ether oxygens (including phenoxy) is 1. The van der Waals surface area contributed by atoms with E-state index in [9.17, 15) is 9.59 Å². The number of nitrogens with one attached hydrogen (secondary N) is 1. The average Bonchev–Trinajstić information content (AvgIpc) is 1.81. The van der Waals surface area contributed by atoms with E-state index in [2.05, 4.69) is 5.32 Å². The second-order valence-electron chi connectivity index (χ2n) is 3.35. The Morgan fingerprint density at radius 1 is 1.46 bits per heavy atom. The van der Waals surface area contributed by atoms with Gasteiger partial charge in [0, 0.05) is 0 Å². The van der Waals surface area contributed by atoms with Crippen LogP contribution in [-0.4, -0.2) is 26.8 Å². The van der Waals surface area contributed by atoms with Gasteiger partial charge in [-0.1, -0.05) is 0 Å². The second-order valence-corrected chi connectivity index (χ2v) is 4.59. The lowest BCUT2D eigenvalue weighted by Crippen LogP contribution is -2.39. The van der Waals surface area contributed by atoms with Gasteiger partial charge in [0.25, 0.3) is 0 Å². The van der Waals surface area contributed by atoms with Crippen LogP contribution in [-0.2, 0) is 9.53 Å². The largest absolute Gasteiger partial charge is 0.479 e. The van der Waals surface area contributed by atoms with Crippen molar-refractivity contribution in [3.05, 3.63) is 0 Å². The van der Waals surface area contributed by atoms with Crippen molar-refractivity contribution >= 4 is 34.7 Å². The van der Waals surface area contributed by atoms with Gasteiger partial charge in [-0.25, -0.2) is 9.59 Å². The molecule has 1 atom stereocenters. The number of carbonyl (C=O) groups excluding carboxylic acids is 1. The van der Waals surface area contributed by atoms with E-state index in [4.69, 9.17) is 9.84 Å². The zero-order valence-electron chi connectivity index (χ0n) is 7.63. The lowest BCUT2D eigenvalue weighted by Gasteiger charge is -2.20. The Hall–Kier alpha value is -0.530. The number of carboxylic acids is 1. The van der Waals surface area contributed by atoms with Crippen LogP contribution in [0.4, 0.5) is 4.79 Å². The molecule has 0 bridgehead atoms. The molecule has 0 aromatic carbocycles. The molecule has 2 N–H and O–H groups in total. The Morgan fingerprint density at radius 2 is 1.92 bits per heavy atom. The molecule has 0 aliphatic carbocycles. The number of alkyl halides is 1. The lowest BCUT2D eigenvalue weighted by atomic mass is 10.2. The zero-order valence-corrected chi connectivity index (χ0v) is 9.78. The fraction of sp³-hybridized carbons (Fsp3) is 0.714. The number of alkyl carbamates (subject to hydrolysis) is 1. The van der Waals surface area contributed by atoms with Gasteiger partial charge in [-0.15, -0.1) is 0 Å². The monoisotopic (exact) mass is 301 g/mol. The number of halogens is 1. The molecular formula is C7H12INO4. The minimum Gasteiger partial charge on any atom is -0.479 e. The van der Waals surface area contributed by atoms with Crippen molar-refractivity contribution in [2.24, 2.45) is 0 Å². The molecule has 0 aromatic heterocycles. The van der Waals surface area contributed by atoms with Crippen LogP contribution < -0.4 is 5.32 Å². The molecule has 6 heteroatoms. The normalized spacial score (nSPS) is 13.2. The standard InChI is InChI=1S/C7H12INO4/c1-7(2,3)13-6(12)9-4(8)5(10)11/h4H,1-3H3,(H,9,12)(H,10,11)/t4-/m1/s1. The zero-order chi connectivity index (χ0) is 10.6. The molecule has 76 valence electrons. The maximum atomic E-state index is 11.0. The van der Waals surface area contributed by atoms with Crippen LogP contribution in [0.2, 0.25) is 0 Å². The van der Waals surface area contributed by atoms with Crippen LogP contribution in [0.1, 0.15) is 20.8 Å². The molecule has 0 aliphatic rings. The average molecular weight is 301 g/mol. The van der Waals surface area contributed by atoms with E-state index >= 15 is 0 Å². The first-order chi connectivity index (χ1) is 5.72. The van der Waals surface area contributed by atoms with Crippen LogP contribution in [0, 0.1) is 0 Å². The Balaban J connectivity index is 3.96. The predicted octanol–water partition coefficient (Wildman–Crippen LogP) is 1.36. The molecule has 0 fully saturated rings. The Kier molecular flexibility index (Phi) is 4.45. The highest BCUT2D eigenvalue weighted by Crippen LogP contribution is 2.07. The maximum Gasteiger partial charge on any atom is 0.408 e. The summed E-state index contributed by atoms with van der Waals surface area (Å²) in [5.41, 5.74) is -0.612. The SMILES string of the molecule is CC(C)(C)OC(=O)N[C@@H](I)C(=O)O. The van der Waals surface area contributed by atoms with Crippen LogP contribution in [0.3, 0.4) is 0 Å². The molecule has 0 heterocycles. The summed E-state index contributed by atoms with van der Waals surface area (Å²) in [4.78, 5) is 21.3. The molecule has 0 spiro atoms. The Labute approximate surface area is 90.0 Å². The molecule has 13 heavy (non-hydrogen) atoms. The molecule has 1 amide bonds. The molecule has 0 saturated carbocycles. The highest BCUT2D eigenvalue weighted by atomic mass is 127. The fourth-order valence-electron chi connectivity index (χ4n) is 0.473. The first-order valence-corrected chi connectivity index (χ1v) is 4.83. The van der Waals surface area contributed by atoms with Crippen molar-refractivity contribution in [2.75, 3.05) is 0 Å². The van der Waals surface area contributed by atoms with Crippen molar-refractivity contribution in [3.8, 4) is 0 Å². The van der Waals surface area contributed by atoms with E-state index in [1.54, 1.807) is 43.4 Å². The summed E-state index contributed by atoms with van der Waals surface area (Å²) < 4.78 is 3.88.